The molecule has 0 bridgehead atoms. The number of aliphatic hydroxyl groups excluding tert-OH is 1. The Morgan fingerprint density at radius 3 is 0.708 bits per heavy atom. The molecule has 3 N–H and O–H groups in total. The van der Waals surface area contributed by atoms with Crippen LogP contribution >= 0.6 is 15.6 Å². The minimum Gasteiger partial charge on any atom is -0.462 e. The minimum absolute atomic E-state index is 0.109. The molecule has 0 aliphatic heterocycles. The number of carbonyl (C=O) groups excluding carboxylic acids is 4. The number of aliphatic hydroxyl groups is 1. The summed E-state index contributed by atoms with van der Waals surface area (Å²) in [6, 6.07) is 0. The fourth-order valence-corrected chi connectivity index (χ4v) is 13.5. The van der Waals surface area contributed by atoms with Gasteiger partial charge in [-0.15, -0.1) is 0 Å². The predicted molar refractivity (Wildman–Crippen MR) is 391 cm³/mol. The molecule has 0 spiro atoms. The summed E-state index contributed by atoms with van der Waals surface area (Å²) < 4.78 is 68.6. The maximum atomic E-state index is 13.1. The maximum absolute atomic E-state index is 13.1. The molecule has 0 aliphatic rings. The second kappa shape index (κ2) is 70.1. The lowest BCUT2D eigenvalue weighted by atomic mass is 10.0. The highest BCUT2D eigenvalue weighted by molar-refractivity contribution is 7.47. The monoisotopic (exact) mass is 1410 g/mol. The van der Waals surface area contributed by atoms with Crippen LogP contribution in [0.1, 0.15) is 407 Å². The van der Waals surface area contributed by atoms with Crippen molar-refractivity contribution in [2.45, 2.75) is 425 Å². The molecule has 0 heterocycles. The smallest absolute Gasteiger partial charge is 0.462 e. The largest absolute Gasteiger partial charge is 0.472 e. The zero-order valence-corrected chi connectivity index (χ0v) is 64.3. The fourth-order valence-electron chi connectivity index (χ4n) is 11.9. The molecule has 5 atom stereocenters. The number of carbonyl (C=O) groups is 4. The zero-order valence-electron chi connectivity index (χ0n) is 62.5. The normalized spacial score (nSPS) is 13.9. The molecular formula is C77H150O17P2. The highest BCUT2D eigenvalue weighted by Crippen LogP contribution is 2.45. The van der Waals surface area contributed by atoms with Crippen LogP contribution in [0, 0.1) is 5.92 Å². The molecule has 0 saturated carbocycles. The van der Waals surface area contributed by atoms with Crippen molar-refractivity contribution < 1.29 is 80.2 Å². The summed E-state index contributed by atoms with van der Waals surface area (Å²) >= 11 is 0. The first-order chi connectivity index (χ1) is 46.5. The molecule has 0 fully saturated rings. The molecule has 19 heteroatoms. The number of esters is 4. The van der Waals surface area contributed by atoms with E-state index in [9.17, 15) is 43.2 Å². The summed E-state index contributed by atoms with van der Waals surface area (Å²) in [5, 5.41) is 10.6. The van der Waals surface area contributed by atoms with Gasteiger partial charge in [-0.1, -0.05) is 356 Å². The molecule has 0 aromatic rings. The van der Waals surface area contributed by atoms with Crippen LogP contribution in [-0.4, -0.2) is 96.7 Å². The van der Waals surface area contributed by atoms with Crippen molar-refractivity contribution in [3.63, 3.8) is 0 Å². The molecule has 2 unspecified atom stereocenters. The second-order valence-corrected chi connectivity index (χ2v) is 31.1. The Morgan fingerprint density at radius 1 is 0.281 bits per heavy atom. The van der Waals surface area contributed by atoms with Crippen molar-refractivity contribution in [2.75, 3.05) is 39.6 Å². The predicted octanol–water partition coefficient (Wildman–Crippen LogP) is 22.9. The lowest BCUT2D eigenvalue weighted by Crippen LogP contribution is -2.30. The van der Waals surface area contributed by atoms with E-state index in [0.29, 0.717) is 25.7 Å². The Labute approximate surface area is 588 Å². The summed E-state index contributed by atoms with van der Waals surface area (Å²) in [4.78, 5) is 72.9. The van der Waals surface area contributed by atoms with Crippen LogP contribution in [0.5, 0.6) is 0 Å². The molecule has 96 heavy (non-hydrogen) atoms. The number of rotatable bonds is 77. The van der Waals surface area contributed by atoms with Gasteiger partial charge in [0.25, 0.3) is 0 Å². The van der Waals surface area contributed by atoms with Crippen molar-refractivity contribution in [1.29, 1.82) is 0 Å². The lowest BCUT2D eigenvalue weighted by Gasteiger charge is -2.21. The van der Waals surface area contributed by atoms with Gasteiger partial charge in [-0.25, -0.2) is 9.13 Å². The average Bonchev–Trinajstić information content (AvgIpc) is 1.25. The number of phosphoric acid groups is 2. The summed E-state index contributed by atoms with van der Waals surface area (Å²) in [5.74, 6) is -1.34. The SMILES string of the molecule is CCCCCCCCCCCCCCCCCCC(=O)O[C@H](COC(=O)CCCCCCCCCCCCCC(C)C)COP(=O)(O)OC[C@@H](O)COP(=O)(O)OC[C@@H](COC(=O)CCCCCCCCCCCCCC)OC(=O)CCCCCCCCCCCCCCCC. The molecule has 0 rings (SSSR count). The van der Waals surface area contributed by atoms with Crippen molar-refractivity contribution in [1.82, 2.24) is 0 Å². The lowest BCUT2D eigenvalue weighted by molar-refractivity contribution is -0.161. The van der Waals surface area contributed by atoms with Gasteiger partial charge in [0.05, 0.1) is 26.4 Å². The minimum atomic E-state index is -4.96. The standard InChI is InChI=1S/C77H150O17P2/c1-6-9-12-15-18-21-24-27-29-30-32-37-43-48-53-58-63-77(82)94-73(67-88-75(80)61-56-51-46-41-38-33-34-39-44-49-54-59-70(4)5)69-92-96(85,86)90-65-71(78)64-89-95(83,84)91-68-72(66-87-74(79)60-55-50-45-40-35-26-23-20-17-14-11-8-3)93-76(81)62-57-52-47-42-36-31-28-25-22-19-16-13-10-7-2/h70-73,78H,6-69H2,1-5H3,(H,83,84)(H,85,86)/t71-,72+,73+/m0/s1. The van der Waals surface area contributed by atoms with Crippen molar-refractivity contribution in [2.24, 2.45) is 5.92 Å². The van der Waals surface area contributed by atoms with Crippen LogP contribution in [0.4, 0.5) is 0 Å². The highest BCUT2D eigenvalue weighted by Gasteiger charge is 2.30. The van der Waals surface area contributed by atoms with Crippen LogP contribution in [0.15, 0.2) is 0 Å². The van der Waals surface area contributed by atoms with Gasteiger partial charge in [0.2, 0.25) is 0 Å². The molecule has 0 saturated heterocycles. The van der Waals surface area contributed by atoms with Gasteiger partial charge in [0, 0.05) is 25.7 Å². The molecule has 570 valence electrons. The van der Waals surface area contributed by atoms with Crippen LogP contribution in [0.25, 0.3) is 0 Å². The quantitative estimate of drug-likeness (QED) is 0.0222. The molecule has 0 aromatic heterocycles. The second-order valence-electron chi connectivity index (χ2n) is 28.2. The average molecular weight is 1410 g/mol. The summed E-state index contributed by atoms with van der Waals surface area (Å²) in [7, 11) is -9.91. The summed E-state index contributed by atoms with van der Waals surface area (Å²) in [6.45, 7) is 7.32. The van der Waals surface area contributed by atoms with Crippen LogP contribution < -0.4 is 0 Å². The highest BCUT2D eigenvalue weighted by atomic mass is 31.2. The fraction of sp³-hybridized carbons (Fsp3) is 0.948. The maximum Gasteiger partial charge on any atom is 0.472 e. The zero-order chi connectivity index (χ0) is 70.5. The number of hydrogen-bond acceptors (Lipinski definition) is 15. The van der Waals surface area contributed by atoms with E-state index in [0.717, 1.165) is 95.8 Å². The van der Waals surface area contributed by atoms with Crippen molar-refractivity contribution in [3.8, 4) is 0 Å². The molecular weight excluding hydrogens is 1260 g/mol. The van der Waals surface area contributed by atoms with Crippen molar-refractivity contribution in [3.05, 3.63) is 0 Å². The van der Waals surface area contributed by atoms with Crippen LogP contribution in [0.2, 0.25) is 0 Å². The number of unbranched alkanes of at least 4 members (excludes halogenated alkanes) is 49. The Hall–Kier alpha value is -1.94. The Balaban J connectivity index is 5.26. The Kier molecular flexibility index (Phi) is 68.7. The van der Waals surface area contributed by atoms with Gasteiger partial charge < -0.3 is 33.8 Å². The topological polar surface area (TPSA) is 237 Å². The molecule has 0 radical (unpaired) electrons. The van der Waals surface area contributed by atoms with E-state index in [1.54, 1.807) is 0 Å². The Bertz CT molecular complexity index is 1840. The summed E-state index contributed by atoms with van der Waals surface area (Å²) in [5.41, 5.74) is 0. The molecule has 0 amide bonds. The first kappa shape index (κ1) is 94.1. The van der Waals surface area contributed by atoms with Gasteiger partial charge in [-0.05, 0) is 31.6 Å². The third kappa shape index (κ3) is 70.5. The first-order valence-corrected chi connectivity index (χ1v) is 43.1. The number of ether oxygens (including phenoxy) is 4. The van der Waals surface area contributed by atoms with Gasteiger partial charge in [-0.2, -0.15) is 0 Å². The van der Waals surface area contributed by atoms with Gasteiger partial charge in [-0.3, -0.25) is 37.3 Å². The van der Waals surface area contributed by atoms with E-state index in [1.807, 2.05) is 0 Å². The van der Waals surface area contributed by atoms with E-state index in [2.05, 4.69) is 34.6 Å². The van der Waals surface area contributed by atoms with Gasteiger partial charge in [0.15, 0.2) is 12.2 Å². The number of hydrogen-bond donors (Lipinski definition) is 3. The third-order valence-electron chi connectivity index (χ3n) is 18.0. The van der Waals surface area contributed by atoms with Crippen molar-refractivity contribution >= 4 is 39.5 Å². The Morgan fingerprint density at radius 2 is 0.479 bits per heavy atom. The summed E-state index contributed by atoms with van der Waals surface area (Å²) in [6.07, 6.45) is 59.4. The van der Waals surface area contributed by atoms with Gasteiger partial charge in [0.1, 0.15) is 19.3 Å². The third-order valence-corrected chi connectivity index (χ3v) is 19.9. The first-order valence-electron chi connectivity index (χ1n) is 40.1. The van der Waals surface area contributed by atoms with Gasteiger partial charge >= 0.3 is 39.5 Å². The molecule has 0 aromatic carbocycles. The van der Waals surface area contributed by atoms with E-state index >= 15 is 0 Å². The number of phosphoric ester groups is 2. The van der Waals surface area contributed by atoms with E-state index < -0.39 is 97.5 Å². The molecule has 17 nitrogen and oxygen atoms in total. The van der Waals surface area contributed by atoms with E-state index in [1.165, 1.54) is 231 Å². The molecule has 0 aliphatic carbocycles. The van der Waals surface area contributed by atoms with Crippen LogP contribution in [-0.2, 0) is 65.4 Å². The van der Waals surface area contributed by atoms with Crippen LogP contribution in [0.3, 0.4) is 0 Å². The van der Waals surface area contributed by atoms with E-state index in [4.69, 9.17) is 37.0 Å². The van der Waals surface area contributed by atoms with E-state index in [-0.39, 0.29) is 25.7 Å².